The predicted octanol–water partition coefficient (Wildman–Crippen LogP) is 2.17. The summed E-state index contributed by atoms with van der Waals surface area (Å²) >= 11 is 0. The number of nitrogens with one attached hydrogen (secondary N) is 2. The monoisotopic (exact) mass is 392 g/mol. The summed E-state index contributed by atoms with van der Waals surface area (Å²) in [5.41, 5.74) is 2.03. The molecule has 2 aromatic rings. The molecule has 1 amide bonds. The highest BCUT2D eigenvalue weighted by atomic mass is 32.2. The largest absolute Gasteiger partial charge is 0.489 e. The van der Waals surface area contributed by atoms with Crippen molar-refractivity contribution in [2.45, 2.75) is 19.4 Å². The Hall–Kier alpha value is -2.45. The summed E-state index contributed by atoms with van der Waals surface area (Å²) in [4.78, 5) is 12.1. The lowest BCUT2D eigenvalue weighted by Crippen LogP contribution is -2.29. The summed E-state index contributed by atoms with van der Waals surface area (Å²) in [7, 11) is -3.32. The van der Waals surface area contributed by atoms with Gasteiger partial charge in [0.25, 0.3) is 5.91 Å². The smallest absolute Gasteiger partial charge is 0.252 e. The van der Waals surface area contributed by atoms with Crippen LogP contribution >= 0.6 is 0 Å². The van der Waals surface area contributed by atoms with E-state index in [0.717, 1.165) is 5.56 Å². The summed E-state index contributed by atoms with van der Waals surface area (Å²) in [6, 6.07) is 12.1. The normalized spacial score (nSPS) is 16.1. The molecular formula is C19H21FN2O4S. The van der Waals surface area contributed by atoms with E-state index < -0.39 is 15.8 Å². The second kappa shape index (κ2) is 8.06. The minimum atomic E-state index is -3.32. The first-order valence-electron chi connectivity index (χ1n) is 8.68. The van der Waals surface area contributed by atoms with Crippen molar-refractivity contribution in [3.63, 3.8) is 0 Å². The van der Waals surface area contributed by atoms with Gasteiger partial charge in [-0.05, 0) is 36.6 Å². The SMILES string of the molecule is CCS(=O)(=O)NCCOc1cc2c(cc1F)C(=O)NC2Cc1ccccc1. The number of amides is 1. The van der Waals surface area contributed by atoms with Gasteiger partial charge in [0.1, 0.15) is 6.61 Å². The Bertz CT molecular complexity index is 932. The molecule has 0 radical (unpaired) electrons. The molecule has 27 heavy (non-hydrogen) atoms. The number of carbonyl (C=O) groups is 1. The van der Waals surface area contributed by atoms with Crippen molar-refractivity contribution in [3.8, 4) is 5.75 Å². The third-order valence-electron chi connectivity index (χ3n) is 4.37. The summed E-state index contributed by atoms with van der Waals surface area (Å²) in [6.07, 6.45) is 0.584. The molecule has 8 heteroatoms. The topological polar surface area (TPSA) is 84.5 Å². The predicted molar refractivity (Wildman–Crippen MR) is 99.7 cm³/mol. The van der Waals surface area contributed by atoms with E-state index in [4.69, 9.17) is 4.74 Å². The molecule has 144 valence electrons. The molecule has 0 saturated carbocycles. The first kappa shape index (κ1) is 19.3. The molecule has 0 bridgehead atoms. The molecule has 1 heterocycles. The Morgan fingerprint density at radius 1 is 1.22 bits per heavy atom. The van der Waals surface area contributed by atoms with E-state index in [9.17, 15) is 17.6 Å². The van der Waals surface area contributed by atoms with Crippen LogP contribution in [0.4, 0.5) is 4.39 Å². The van der Waals surface area contributed by atoms with Crippen LogP contribution < -0.4 is 14.8 Å². The van der Waals surface area contributed by atoms with E-state index in [1.165, 1.54) is 19.1 Å². The number of rotatable bonds is 8. The first-order valence-corrected chi connectivity index (χ1v) is 10.3. The van der Waals surface area contributed by atoms with Gasteiger partial charge in [0, 0.05) is 12.1 Å². The minimum Gasteiger partial charge on any atom is -0.489 e. The molecule has 0 aliphatic carbocycles. The van der Waals surface area contributed by atoms with Crippen LogP contribution in [0, 0.1) is 5.82 Å². The molecule has 0 spiro atoms. The van der Waals surface area contributed by atoms with Crippen LogP contribution in [0.5, 0.6) is 5.75 Å². The molecule has 0 fully saturated rings. The third-order valence-corrected chi connectivity index (χ3v) is 5.78. The number of fused-ring (bicyclic) bond motifs is 1. The van der Waals surface area contributed by atoms with Crippen LogP contribution in [-0.2, 0) is 16.4 Å². The van der Waals surface area contributed by atoms with E-state index in [-0.39, 0.29) is 36.6 Å². The zero-order chi connectivity index (χ0) is 19.4. The quantitative estimate of drug-likeness (QED) is 0.675. The van der Waals surface area contributed by atoms with Crippen LogP contribution in [0.15, 0.2) is 42.5 Å². The Morgan fingerprint density at radius 3 is 2.67 bits per heavy atom. The van der Waals surface area contributed by atoms with Gasteiger partial charge in [0.2, 0.25) is 10.0 Å². The van der Waals surface area contributed by atoms with E-state index in [1.54, 1.807) is 0 Å². The van der Waals surface area contributed by atoms with Gasteiger partial charge in [0.05, 0.1) is 11.8 Å². The molecule has 1 atom stereocenters. The number of benzene rings is 2. The van der Waals surface area contributed by atoms with Crippen molar-refractivity contribution in [2.24, 2.45) is 0 Å². The van der Waals surface area contributed by atoms with E-state index in [2.05, 4.69) is 10.0 Å². The lowest BCUT2D eigenvalue weighted by atomic mass is 9.98. The molecule has 6 nitrogen and oxygen atoms in total. The number of hydrogen-bond acceptors (Lipinski definition) is 4. The molecular weight excluding hydrogens is 371 g/mol. The van der Waals surface area contributed by atoms with Gasteiger partial charge in [-0.3, -0.25) is 4.79 Å². The average molecular weight is 392 g/mol. The number of halogens is 1. The lowest BCUT2D eigenvalue weighted by molar-refractivity contribution is 0.0956. The number of sulfonamides is 1. The summed E-state index contributed by atoms with van der Waals surface area (Å²) in [5.74, 6) is -0.997. The highest BCUT2D eigenvalue weighted by Gasteiger charge is 2.30. The fourth-order valence-corrected chi connectivity index (χ4v) is 3.55. The second-order valence-electron chi connectivity index (χ2n) is 6.23. The summed E-state index contributed by atoms with van der Waals surface area (Å²) < 4.78 is 44.8. The van der Waals surface area contributed by atoms with E-state index >= 15 is 0 Å². The minimum absolute atomic E-state index is 0.000918. The van der Waals surface area contributed by atoms with Gasteiger partial charge in [-0.15, -0.1) is 0 Å². The van der Waals surface area contributed by atoms with E-state index in [1.807, 2.05) is 30.3 Å². The lowest BCUT2D eigenvalue weighted by Gasteiger charge is -2.14. The van der Waals surface area contributed by atoms with Gasteiger partial charge in [-0.1, -0.05) is 30.3 Å². The van der Waals surface area contributed by atoms with Gasteiger partial charge in [-0.25, -0.2) is 17.5 Å². The fourth-order valence-electron chi connectivity index (χ4n) is 2.95. The van der Waals surface area contributed by atoms with Crippen LogP contribution in [0.2, 0.25) is 0 Å². The van der Waals surface area contributed by atoms with Crippen LogP contribution in [0.3, 0.4) is 0 Å². The molecule has 0 saturated heterocycles. The molecule has 1 aliphatic rings. The Labute approximate surface area is 157 Å². The fraction of sp³-hybridized carbons (Fsp3) is 0.316. The zero-order valence-corrected chi connectivity index (χ0v) is 15.7. The van der Waals surface area contributed by atoms with Crippen molar-refractivity contribution in [3.05, 3.63) is 65.0 Å². The molecule has 3 rings (SSSR count). The Kier molecular flexibility index (Phi) is 5.76. The van der Waals surface area contributed by atoms with Crippen LogP contribution in [-0.4, -0.2) is 33.2 Å². The highest BCUT2D eigenvalue weighted by Crippen LogP contribution is 2.33. The highest BCUT2D eigenvalue weighted by molar-refractivity contribution is 7.89. The molecule has 2 aromatic carbocycles. The second-order valence-corrected chi connectivity index (χ2v) is 8.33. The molecule has 2 N–H and O–H groups in total. The maximum Gasteiger partial charge on any atom is 0.252 e. The van der Waals surface area contributed by atoms with Crippen LogP contribution in [0.1, 0.15) is 34.5 Å². The van der Waals surface area contributed by atoms with Crippen molar-refractivity contribution in [1.29, 1.82) is 0 Å². The van der Waals surface area contributed by atoms with Gasteiger partial charge >= 0.3 is 0 Å². The Morgan fingerprint density at radius 2 is 1.96 bits per heavy atom. The zero-order valence-electron chi connectivity index (χ0n) is 14.9. The Balaban J connectivity index is 1.73. The van der Waals surface area contributed by atoms with Gasteiger partial charge in [-0.2, -0.15) is 0 Å². The summed E-state index contributed by atoms with van der Waals surface area (Å²) in [5, 5.41) is 2.86. The van der Waals surface area contributed by atoms with Crippen molar-refractivity contribution >= 4 is 15.9 Å². The van der Waals surface area contributed by atoms with Crippen LogP contribution in [0.25, 0.3) is 0 Å². The van der Waals surface area contributed by atoms with Gasteiger partial charge < -0.3 is 10.1 Å². The van der Waals surface area contributed by atoms with Gasteiger partial charge in [0.15, 0.2) is 11.6 Å². The van der Waals surface area contributed by atoms with Crippen molar-refractivity contribution in [1.82, 2.24) is 10.0 Å². The number of carbonyl (C=O) groups excluding carboxylic acids is 1. The molecule has 0 aromatic heterocycles. The third kappa shape index (κ3) is 4.64. The van der Waals surface area contributed by atoms with E-state index in [0.29, 0.717) is 17.5 Å². The number of ether oxygens (including phenoxy) is 1. The maximum absolute atomic E-state index is 14.3. The maximum atomic E-state index is 14.3. The number of hydrogen-bond donors (Lipinski definition) is 2. The standard InChI is InChI=1S/C19H21FN2O4S/c1-2-27(24,25)21-8-9-26-18-12-14-15(11-16(18)20)19(23)22-17(14)10-13-6-4-3-5-7-13/h3-7,11-12,17,21H,2,8-10H2,1H3,(H,22,23). The first-order chi connectivity index (χ1) is 12.9. The summed E-state index contributed by atoms with van der Waals surface area (Å²) in [6.45, 7) is 1.55. The average Bonchev–Trinajstić information content (AvgIpc) is 2.94. The van der Waals surface area contributed by atoms with Crippen molar-refractivity contribution in [2.75, 3.05) is 18.9 Å². The van der Waals surface area contributed by atoms with Crippen molar-refractivity contribution < 1.29 is 22.3 Å². The molecule has 1 aliphatic heterocycles. The molecule has 1 unspecified atom stereocenters.